The summed E-state index contributed by atoms with van der Waals surface area (Å²) in [6.07, 6.45) is 5.28. The molecule has 0 radical (unpaired) electrons. The van der Waals surface area contributed by atoms with Crippen LogP contribution in [0.15, 0.2) is 50.4 Å². The molecule has 0 unspecified atom stereocenters. The number of hydrogen-bond donors (Lipinski definition) is 0. The first-order valence-corrected chi connectivity index (χ1v) is 10.9. The van der Waals surface area contributed by atoms with Crippen molar-refractivity contribution in [3.63, 3.8) is 0 Å². The van der Waals surface area contributed by atoms with Crippen LogP contribution in [0.25, 0.3) is 0 Å². The fraction of sp³-hybridized carbons (Fsp3) is 0.381. The first-order chi connectivity index (χ1) is 13.1. The van der Waals surface area contributed by atoms with Crippen LogP contribution in [0.1, 0.15) is 49.3 Å². The molecule has 1 saturated carbocycles. The molecule has 0 bridgehead atoms. The molecule has 1 aliphatic carbocycles. The standard InChI is InChI=1S/C21H20Br2N2O2/c1-26-15-6-4-13(5-7-15)18-12-19-16-10-14(22)11-17(23)20(16)27-21(25(19)24-18)8-2-3-9-21/h4-7,10-11,19H,2-3,8-9,12H2,1H3/t19-/m0/s1. The summed E-state index contributed by atoms with van der Waals surface area (Å²) in [5, 5.41) is 7.33. The van der Waals surface area contributed by atoms with Crippen molar-refractivity contribution in [1.82, 2.24) is 5.01 Å². The predicted octanol–water partition coefficient (Wildman–Crippen LogP) is 6.03. The second kappa shape index (κ2) is 6.52. The predicted molar refractivity (Wildman–Crippen MR) is 112 cm³/mol. The van der Waals surface area contributed by atoms with E-state index in [2.05, 4.69) is 61.1 Å². The molecule has 0 aromatic heterocycles. The summed E-state index contributed by atoms with van der Waals surface area (Å²) in [6.45, 7) is 0. The van der Waals surface area contributed by atoms with Gasteiger partial charge in [0.2, 0.25) is 0 Å². The van der Waals surface area contributed by atoms with E-state index in [0.717, 1.165) is 51.0 Å². The second-order valence-corrected chi connectivity index (χ2v) is 9.17. The molecule has 1 fully saturated rings. The number of nitrogens with zero attached hydrogens (tertiary/aromatic N) is 2. The minimum Gasteiger partial charge on any atom is -0.497 e. The zero-order valence-electron chi connectivity index (χ0n) is 15.0. The molecule has 140 valence electrons. The molecule has 0 amide bonds. The van der Waals surface area contributed by atoms with Crippen LogP contribution in [0, 0.1) is 0 Å². The van der Waals surface area contributed by atoms with E-state index in [9.17, 15) is 0 Å². The van der Waals surface area contributed by atoms with Crippen LogP contribution in [0.2, 0.25) is 0 Å². The van der Waals surface area contributed by atoms with Crippen molar-refractivity contribution >= 4 is 37.6 Å². The number of fused-ring (bicyclic) bond motifs is 4. The van der Waals surface area contributed by atoms with Gasteiger partial charge in [-0.05, 0) is 70.7 Å². The highest BCUT2D eigenvalue weighted by molar-refractivity contribution is 9.11. The maximum Gasteiger partial charge on any atom is 0.198 e. The molecule has 0 N–H and O–H groups in total. The van der Waals surface area contributed by atoms with Crippen LogP contribution in [-0.2, 0) is 0 Å². The summed E-state index contributed by atoms with van der Waals surface area (Å²) < 4.78 is 14.0. The quantitative estimate of drug-likeness (QED) is 0.514. The van der Waals surface area contributed by atoms with E-state index in [1.807, 2.05) is 12.1 Å². The highest BCUT2D eigenvalue weighted by Crippen LogP contribution is 2.54. The van der Waals surface area contributed by atoms with Crippen molar-refractivity contribution in [2.45, 2.75) is 43.9 Å². The first kappa shape index (κ1) is 17.6. The van der Waals surface area contributed by atoms with E-state index in [1.54, 1.807) is 7.11 Å². The lowest BCUT2D eigenvalue weighted by atomic mass is 9.94. The first-order valence-electron chi connectivity index (χ1n) is 9.29. The summed E-state index contributed by atoms with van der Waals surface area (Å²) in [6, 6.07) is 12.6. The van der Waals surface area contributed by atoms with Gasteiger partial charge in [0.1, 0.15) is 11.5 Å². The molecule has 4 nitrogen and oxygen atoms in total. The third-order valence-corrected chi connectivity index (χ3v) is 6.87. The van der Waals surface area contributed by atoms with E-state index >= 15 is 0 Å². The van der Waals surface area contributed by atoms with Gasteiger partial charge in [-0.2, -0.15) is 5.10 Å². The number of hydrogen-bond acceptors (Lipinski definition) is 4. The molecule has 2 aliphatic heterocycles. The Bertz CT molecular complexity index is 921. The van der Waals surface area contributed by atoms with Crippen molar-refractivity contribution in [1.29, 1.82) is 0 Å². The Labute approximate surface area is 175 Å². The lowest BCUT2D eigenvalue weighted by molar-refractivity contribution is -0.114. The third kappa shape index (κ3) is 2.80. The van der Waals surface area contributed by atoms with Gasteiger partial charge in [-0.3, -0.25) is 0 Å². The van der Waals surface area contributed by atoms with Crippen molar-refractivity contribution in [3.05, 3.63) is 56.5 Å². The smallest absolute Gasteiger partial charge is 0.198 e. The summed E-state index contributed by atoms with van der Waals surface area (Å²) >= 11 is 7.35. The zero-order valence-corrected chi connectivity index (χ0v) is 18.2. The van der Waals surface area contributed by atoms with Crippen LogP contribution in [0.3, 0.4) is 0 Å². The summed E-state index contributed by atoms with van der Waals surface area (Å²) in [5.41, 5.74) is 3.14. The molecular formula is C21H20Br2N2O2. The molecule has 1 spiro atoms. The van der Waals surface area contributed by atoms with Gasteiger partial charge in [-0.25, -0.2) is 5.01 Å². The average molecular weight is 492 g/mol. The van der Waals surface area contributed by atoms with Gasteiger partial charge < -0.3 is 9.47 Å². The Balaban J connectivity index is 1.59. The topological polar surface area (TPSA) is 34.1 Å². The van der Waals surface area contributed by atoms with Crippen LogP contribution in [0.4, 0.5) is 0 Å². The average Bonchev–Trinajstić information content (AvgIpc) is 3.32. The van der Waals surface area contributed by atoms with Gasteiger partial charge in [0.25, 0.3) is 0 Å². The number of halogens is 2. The van der Waals surface area contributed by atoms with Crippen LogP contribution in [0.5, 0.6) is 11.5 Å². The Morgan fingerprint density at radius 2 is 1.89 bits per heavy atom. The molecule has 1 atom stereocenters. The minimum absolute atomic E-state index is 0.206. The van der Waals surface area contributed by atoms with Crippen LogP contribution in [-0.4, -0.2) is 23.6 Å². The van der Waals surface area contributed by atoms with E-state index in [1.165, 1.54) is 18.4 Å². The normalized spacial score (nSPS) is 22.3. The fourth-order valence-electron chi connectivity index (χ4n) is 4.52. The van der Waals surface area contributed by atoms with Crippen LogP contribution >= 0.6 is 31.9 Å². The number of hydrazone groups is 1. The monoisotopic (exact) mass is 490 g/mol. The number of rotatable bonds is 2. The van der Waals surface area contributed by atoms with E-state index < -0.39 is 0 Å². The maximum atomic E-state index is 6.63. The molecular weight excluding hydrogens is 472 g/mol. The molecule has 2 heterocycles. The van der Waals surface area contributed by atoms with Crippen molar-refractivity contribution in [2.75, 3.05) is 7.11 Å². The van der Waals surface area contributed by atoms with Gasteiger partial charge >= 0.3 is 0 Å². The van der Waals surface area contributed by atoms with Crippen LogP contribution < -0.4 is 9.47 Å². The second-order valence-electron chi connectivity index (χ2n) is 7.40. The number of methoxy groups -OCH3 is 1. The molecule has 6 heteroatoms. The Morgan fingerprint density at radius 3 is 2.59 bits per heavy atom. The fourth-order valence-corrected chi connectivity index (χ4v) is 5.86. The van der Waals surface area contributed by atoms with Gasteiger partial charge in [-0.1, -0.05) is 15.9 Å². The van der Waals surface area contributed by atoms with Gasteiger partial charge in [0, 0.05) is 29.3 Å². The summed E-state index contributed by atoms with van der Waals surface area (Å²) in [7, 11) is 1.69. The molecule has 3 aliphatic rings. The molecule has 27 heavy (non-hydrogen) atoms. The highest BCUT2D eigenvalue weighted by Gasteiger charge is 2.52. The largest absolute Gasteiger partial charge is 0.497 e. The van der Waals surface area contributed by atoms with Crippen molar-refractivity contribution in [3.8, 4) is 11.5 Å². The van der Waals surface area contributed by atoms with Gasteiger partial charge in [0.15, 0.2) is 5.72 Å². The molecule has 2 aromatic rings. The Morgan fingerprint density at radius 1 is 1.15 bits per heavy atom. The van der Waals surface area contributed by atoms with E-state index in [-0.39, 0.29) is 11.8 Å². The van der Waals surface area contributed by atoms with E-state index in [0.29, 0.717) is 0 Å². The maximum absolute atomic E-state index is 6.63. The van der Waals surface area contributed by atoms with E-state index in [4.69, 9.17) is 14.6 Å². The third-order valence-electron chi connectivity index (χ3n) is 5.82. The van der Waals surface area contributed by atoms with Crippen molar-refractivity contribution in [2.24, 2.45) is 5.10 Å². The molecule has 0 saturated heterocycles. The minimum atomic E-state index is -0.317. The number of ether oxygens (including phenoxy) is 2. The van der Waals surface area contributed by atoms with Gasteiger partial charge in [0.05, 0.1) is 23.3 Å². The Hall–Kier alpha value is -1.53. The molecule has 2 aromatic carbocycles. The number of benzene rings is 2. The van der Waals surface area contributed by atoms with Crippen molar-refractivity contribution < 1.29 is 9.47 Å². The lowest BCUT2D eigenvalue weighted by Crippen LogP contribution is -2.51. The summed E-state index contributed by atoms with van der Waals surface area (Å²) in [4.78, 5) is 0. The molecule has 5 rings (SSSR count). The van der Waals surface area contributed by atoms with Gasteiger partial charge in [-0.15, -0.1) is 0 Å². The summed E-state index contributed by atoms with van der Waals surface area (Å²) in [5.74, 6) is 1.84. The zero-order chi connectivity index (χ0) is 18.6. The Kier molecular flexibility index (Phi) is 4.24. The SMILES string of the molecule is COc1ccc(C2=NN3[C@@H](C2)c2cc(Br)cc(Br)c2OC32CCCC2)cc1. The highest BCUT2D eigenvalue weighted by atomic mass is 79.9. The lowest BCUT2D eigenvalue weighted by Gasteiger charge is -2.46.